The largest absolute Gasteiger partial charge is 0.497 e. The number of ether oxygens (including phenoxy) is 1. The predicted molar refractivity (Wildman–Crippen MR) is 125 cm³/mol. The third kappa shape index (κ3) is 3.95. The number of piperidine rings is 1. The van der Waals surface area contributed by atoms with E-state index in [4.69, 9.17) is 4.74 Å². The molecule has 3 fully saturated rings. The molecule has 1 aromatic rings. The number of benzene rings is 1. The number of hydrogen-bond acceptors (Lipinski definition) is 5. The number of hydrogen-bond donors (Lipinski definition) is 3. The number of nitrogens with zero attached hydrogens (tertiary/aromatic N) is 1. The van der Waals surface area contributed by atoms with Crippen molar-refractivity contribution in [3.05, 3.63) is 29.3 Å². The summed E-state index contributed by atoms with van der Waals surface area (Å²) in [4.78, 5) is 14.9. The van der Waals surface area contributed by atoms with Crippen molar-refractivity contribution in [3.63, 3.8) is 0 Å². The van der Waals surface area contributed by atoms with Gasteiger partial charge in [0.05, 0.1) is 24.9 Å². The van der Waals surface area contributed by atoms with Gasteiger partial charge in [0.1, 0.15) is 5.75 Å². The van der Waals surface area contributed by atoms with E-state index in [9.17, 15) is 15.0 Å². The molecule has 0 radical (unpaired) electrons. The summed E-state index contributed by atoms with van der Waals surface area (Å²) in [5.74, 6) is 1.25. The zero-order valence-corrected chi connectivity index (χ0v) is 20.2. The monoisotopic (exact) mass is 444 g/mol. The molecule has 1 aromatic carbocycles. The fourth-order valence-electron chi connectivity index (χ4n) is 6.16. The number of amides is 1. The van der Waals surface area contributed by atoms with Crippen LogP contribution in [0.15, 0.2) is 18.2 Å². The number of rotatable bonds is 6. The average molecular weight is 445 g/mol. The first kappa shape index (κ1) is 23.5. The number of carbonyl (C=O) groups excluding carboxylic acids is 1. The number of fused-ring (bicyclic) bond motifs is 1. The predicted octanol–water partition coefficient (Wildman–Crippen LogP) is 2.77. The molecular formula is C26H40N2O4. The molecule has 2 aliphatic carbocycles. The number of methoxy groups -OCH3 is 1. The van der Waals surface area contributed by atoms with E-state index in [2.05, 4.69) is 24.1 Å². The Morgan fingerprint density at radius 2 is 2.03 bits per heavy atom. The van der Waals surface area contributed by atoms with E-state index in [0.717, 1.165) is 42.3 Å². The van der Waals surface area contributed by atoms with Gasteiger partial charge in [-0.25, -0.2) is 0 Å². The molecule has 1 heterocycles. The van der Waals surface area contributed by atoms with E-state index in [-0.39, 0.29) is 17.9 Å². The summed E-state index contributed by atoms with van der Waals surface area (Å²) < 4.78 is 5.53. The number of aryl methyl sites for hydroxylation is 1. The highest BCUT2D eigenvalue weighted by atomic mass is 16.5. The number of likely N-dealkylation sites (tertiary alicyclic amines) is 1. The highest BCUT2D eigenvalue weighted by molar-refractivity contribution is 5.78. The highest BCUT2D eigenvalue weighted by Crippen LogP contribution is 2.55. The first-order chi connectivity index (χ1) is 15.1. The molecule has 4 rings (SSSR count). The van der Waals surface area contributed by atoms with Gasteiger partial charge in [-0.05, 0) is 75.3 Å². The van der Waals surface area contributed by atoms with Gasteiger partial charge in [0.2, 0.25) is 5.91 Å². The first-order valence-corrected chi connectivity index (χ1v) is 12.2. The zero-order valence-electron chi connectivity index (χ0n) is 20.2. The molecule has 5 atom stereocenters. The molecule has 0 bridgehead atoms. The second-order valence-corrected chi connectivity index (χ2v) is 10.8. The average Bonchev–Trinajstić information content (AvgIpc) is 3.57. The van der Waals surface area contributed by atoms with Crippen LogP contribution in [0.2, 0.25) is 0 Å². The van der Waals surface area contributed by atoms with Crippen LogP contribution in [0.25, 0.3) is 0 Å². The van der Waals surface area contributed by atoms with Crippen molar-refractivity contribution in [1.29, 1.82) is 0 Å². The lowest BCUT2D eigenvalue weighted by atomic mass is 9.52. The Morgan fingerprint density at radius 3 is 2.66 bits per heavy atom. The molecule has 0 spiro atoms. The topological polar surface area (TPSA) is 82.0 Å². The molecule has 0 aromatic heterocycles. The van der Waals surface area contributed by atoms with Crippen LogP contribution in [0, 0.1) is 18.8 Å². The van der Waals surface area contributed by atoms with Crippen LogP contribution in [0.3, 0.4) is 0 Å². The lowest BCUT2D eigenvalue weighted by Crippen LogP contribution is -2.74. The molecule has 6 nitrogen and oxygen atoms in total. The molecule has 2 saturated carbocycles. The maximum Gasteiger partial charge on any atom is 0.222 e. The van der Waals surface area contributed by atoms with Crippen molar-refractivity contribution in [2.24, 2.45) is 11.8 Å². The van der Waals surface area contributed by atoms with Crippen LogP contribution in [0.1, 0.15) is 64.0 Å². The summed E-state index contributed by atoms with van der Waals surface area (Å²) in [6, 6.07) is 5.50. The van der Waals surface area contributed by atoms with Gasteiger partial charge in [-0.15, -0.1) is 0 Å². The van der Waals surface area contributed by atoms with E-state index in [0.29, 0.717) is 12.8 Å². The van der Waals surface area contributed by atoms with Gasteiger partial charge in [0.15, 0.2) is 0 Å². The summed E-state index contributed by atoms with van der Waals surface area (Å²) in [6.07, 6.45) is 3.36. The first-order valence-electron chi connectivity index (χ1n) is 12.2. The number of nitrogens with one attached hydrogen (secondary N) is 1. The van der Waals surface area contributed by atoms with Gasteiger partial charge in [-0.1, -0.05) is 19.9 Å². The quantitative estimate of drug-likeness (QED) is 0.629. The van der Waals surface area contributed by atoms with Gasteiger partial charge in [0.25, 0.3) is 0 Å². The minimum Gasteiger partial charge on any atom is -0.497 e. The Hall–Kier alpha value is -1.63. The van der Waals surface area contributed by atoms with E-state index >= 15 is 0 Å². The summed E-state index contributed by atoms with van der Waals surface area (Å²) >= 11 is 0. The van der Waals surface area contributed by atoms with Gasteiger partial charge >= 0.3 is 0 Å². The highest BCUT2D eigenvalue weighted by Gasteiger charge is 2.63. The third-order valence-electron chi connectivity index (χ3n) is 8.45. The van der Waals surface area contributed by atoms with Crippen molar-refractivity contribution in [1.82, 2.24) is 10.2 Å². The Labute approximate surface area is 192 Å². The van der Waals surface area contributed by atoms with Crippen LogP contribution in [0.4, 0.5) is 0 Å². The molecular weight excluding hydrogens is 404 g/mol. The minimum atomic E-state index is -1.08. The van der Waals surface area contributed by atoms with E-state index in [1.165, 1.54) is 12.8 Å². The van der Waals surface area contributed by atoms with E-state index in [1.807, 2.05) is 32.0 Å². The molecule has 6 heteroatoms. The molecule has 178 valence electrons. The molecule has 3 aliphatic rings. The molecule has 32 heavy (non-hydrogen) atoms. The molecule has 3 N–H and O–H groups in total. The summed E-state index contributed by atoms with van der Waals surface area (Å²) in [7, 11) is 1.66. The van der Waals surface area contributed by atoms with Gasteiger partial charge in [-0.2, -0.15) is 0 Å². The summed E-state index contributed by atoms with van der Waals surface area (Å²) in [6.45, 7) is 9.82. The van der Waals surface area contributed by atoms with Crippen molar-refractivity contribution < 1.29 is 19.7 Å². The minimum absolute atomic E-state index is 0.0756. The van der Waals surface area contributed by atoms with Gasteiger partial charge in [0, 0.05) is 30.3 Å². The summed E-state index contributed by atoms with van der Waals surface area (Å²) in [5.41, 5.74) is 0.489. The number of aliphatic hydroxyl groups is 2. The fraction of sp³-hybridized carbons (Fsp3) is 0.731. The molecule has 1 aliphatic heterocycles. The third-order valence-corrected chi connectivity index (χ3v) is 8.45. The van der Waals surface area contributed by atoms with Crippen LogP contribution in [0.5, 0.6) is 5.75 Å². The molecule has 5 unspecified atom stereocenters. The van der Waals surface area contributed by atoms with Crippen LogP contribution in [-0.4, -0.2) is 65.0 Å². The Morgan fingerprint density at radius 1 is 1.31 bits per heavy atom. The van der Waals surface area contributed by atoms with Crippen molar-refractivity contribution in [3.8, 4) is 5.75 Å². The van der Waals surface area contributed by atoms with Crippen molar-refractivity contribution in [2.45, 2.75) is 89.0 Å². The lowest BCUT2D eigenvalue weighted by molar-refractivity contribution is -0.181. The second-order valence-electron chi connectivity index (χ2n) is 10.8. The maximum atomic E-state index is 12.6. The van der Waals surface area contributed by atoms with E-state index < -0.39 is 23.2 Å². The Balaban J connectivity index is 1.76. The van der Waals surface area contributed by atoms with Gasteiger partial charge < -0.3 is 20.3 Å². The summed E-state index contributed by atoms with van der Waals surface area (Å²) in [5, 5.41) is 26.8. The smallest absolute Gasteiger partial charge is 0.222 e. The Kier molecular flexibility index (Phi) is 6.34. The molecule has 1 saturated heterocycles. The maximum absolute atomic E-state index is 12.6. The fourth-order valence-corrected chi connectivity index (χ4v) is 6.16. The Bertz CT molecular complexity index is 854. The molecule has 1 amide bonds. The number of aliphatic hydroxyl groups excluding tert-OH is 1. The van der Waals surface area contributed by atoms with Gasteiger partial charge in [-0.3, -0.25) is 9.69 Å². The van der Waals surface area contributed by atoms with Crippen LogP contribution < -0.4 is 10.1 Å². The zero-order chi connectivity index (χ0) is 23.3. The number of carbonyl (C=O) groups is 1. The normalized spacial score (nSPS) is 35.4. The SMILES string of the molecule is COc1ccc(C)c(C23CCN(CC4CC4)C(C)C2(O)CC(NC(=O)C(C)C)C(O)C3)c1. The van der Waals surface area contributed by atoms with Crippen molar-refractivity contribution >= 4 is 5.91 Å². The standard InChI is InChI=1S/C26H40N2O4/c1-16(2)24(30)27-22-13-26(31)18(4)28(15-19-7-8-19)11-10-25(26,14-23(22)29)21-12-20(32-5)9-6-17(21)3/h6,9,12,16,18-19,22-23,29,31H,7-8,10-11,13-15H2,1-5H3,(H,27,30). The van der Waals surface area contributed by atoms with Crippen molar-refractivity contribution in [2.75, 3.05) is 20.2 Å². The van der Waals surface area contributed by atoms with Crippen LogP contribution >= 0.6 is 0 Å². The lowest BCUT2D eigenvalue weighted by Gasteiger charge is -2.62. The van der Waals surface area contributed by atoms with Crippen LogP contribution in [-0.2, 0) is 10.2 Å². The second kappa shape index (κ2) is 8.62. The van der Waals surface area contributed by atoms with E-state index in [1.54, 1.807) is 7.11 Å².